The van der Waals surface area contributed by atoms with Gasteiger partial charge in [-0.25, -0.2) is 4.39 Å². The summed E-state index contributed by atoms with van der Waals surface area (Å²) >= 11 is 0. The van der Waals surface area contributed by atoms with Crippen LogP contribution in [0.2, 0.25) is 0 Å². The van der Waals surface area contributed by atoms with Gasteiger partial charge in [-0.3, -0.25) is 4.98 Å². The van der Waals surface area contributed by atoms with E-state index < -0.39 is 0 Å². The monoisotopic (exact) mass is 210 g/mol. The molecule has 1 rings (SSSR count). The topological polar surface area (TPSA) is 24.9 Å². The molecule has 0 radical (unpaired) electrons. The zero-order valence-electron chi connectivity index (χ0n) is 9.46. The van der Waals surface area contributed by atoms with Gasteiger partial charge in [0.1, 0.15) is 5.82 Å². The van der Waals surface area contributed by atoms with Gasteiger partial charge in [-0.15, -0.1) is 0 Å². The molecule has 1 unspecified atom stereocenters. The van der Waals surface area contributed by atoms with Crippen LogP contribution in [0.3, 0.4) is 0 Å². The largest absolute Gasteiger partial charge is 0.310 e. The predicted molar refractivity (Wildman–Crippen MR) is 60.1 cm³/mol. The van der Waals surface area contributed by atoms with E-state index >= 15 is 0 Å². The number of pyridine rings is 1. The van der Waals surface area contributed by atoms with E-state index in [0.717, 1.165) is 31.4 Å². The quantitative estimate of drug-likeness (QED) is 0.780. The van der Waals surface area contributed by atoms with Crippen molar-refractivity contribution in [3.8, 4) is 0 Å². The minimum Gasteiger partial charge on any atom is -0.310 e. The molecule has 0 aliphatic carbocycles. The average Bonchev–Trinajstić information content (AvgIpc) is 2.24. The molecule has 0 fully saturated rings. The zero-order valence-corrected chi connectivity index (χ0v) is 9.46. The SMILES string of the molecule is CCCCC(NCC)c1cncc(F)c1. The molecule has 0 spiro atoms. The highest BCUT2D eigenvalue weighted by atomic mass is 19.1. The smallest absolute Gasteiger partial charge is 0.141 e. The van der Waals surface area contributed by atoms with E-state index in [1.165, 1.54) is 6.20 Å². The fraction of sp³-hybridized carbons (Fsp3) is 0.583. The molecular formula is C12H19FN2. The van der Waals surface area contributed by atoms with E-state index in [9.17, 15) is 4.39 Å². The highest BCUT2D eigenvalue weighted by Crippen LogP contribution is 2.18. The molecule has 1 aromatic rings. The normalized spacial score (nSPS) is 12.7. The Balaban J connectivity index is 2.69. The second kappa shape index (κ2) is 6.51. The maximum atomic E-state index is 13.0. The van der Waals surface area contributed by atoms with E-state index in [2.05, 4.69) is 24.1 Å². The third kappa shape index (κ3) is 3.96. The lowest BCUT2D eigenvalue weighted by atomic mass is 10.0. The van der Waals surface area contributed by atoms with Crippen LogP contribution in [0.1, 0.15) is 44.7 Å². The second-order valence-electron chi connectivity index (χ2n) is 3.69. The Morgan fingerprint density at radius 3 is 2.80 bits per heavy atom. The Kier molecular flexibility index (Phi) is 5.26. The van der Waals surface area contributed by atoms with E-state index in [1.807, 2.05) is 0 Å². The summed E-state index contributed by atoms with van der Waals surface area (Å²) in [4.78, 5) is 3.88. The minimum absolute atomic E-state index is 0.234. The van der Waals surface area contributed by atoms with Gasteiger partial charge in [0, 0.05) is 12.2 Å². The summed E-state index contributed by atoms with van der Waals surface area (Å²) in [6, 6.07) is 1.80. The van der Waals surface area contributed by atoms with Crippen LogP contribution in [0.5, 0.6) is 0 Å². The molecule has 0 aliphatic heterocycles. The van der Waals surface area contributed by atoms with Crippen molar-refractivity contribution in [2.45, 2.75) is 39.2 Å². The highest BCUT2D eigenvalue weighted by molar-refractivity contribution is 5.14. The molecule has 1 atom stereocenters. The summed E-state index contributed by atoms with van der Waals surface area (Å²) in [5.74, 6) is -0.257. The first kappa shape index (κ1) is 12.1. The van der Waals surface area contributed by atoms with E-state index in [1.54, 1.807) is 12.3 Å². The molecule has 0 amide bonds. The number of halogens is 1. The van der Waals surface area contributed by atoms with Crippen LogP contribution in [-0.2, 0) is 0 Å². The van der Waals surface area contributed by atoms with Crippen molar-refractivity contribution in [2.24, 2.45) is 0 Å². The van der Waals surface area contributed by atoms with E-state index in [0.29, 0.717) is 0 Å². The van der Waals surface area contributed by atoms with Crippen LogP contribution in [0.25, 0.3) is 0 Å². The molecule has 0 saturated carbocycles. The van der Waals surface area contributed by atoms with Crippen molar-refractivity contribution in [2.75, 3.05) is 6.54 Å². The Labute approximate surface area is 90.9 Å². The van der Waals surface area contributed by atoms with Crippen LogP contribution in [0.4, 0.5) is 4.39 Å². The lowest BCUT2D eigenvalue weighted by Gasteiger charge is -2.17. The number of unbranched alkanes of at least 4 members (excludes halogenated alkanes) is 1. The van der Waals surface area contributed by atoms with Crippen molar-refractivity contribution in [1.29, 1.82) is 0 Å². The first-order chi connectivity index (χ1) is 7.27. The van der Waals surface area contributed by atoms with Crippen LogP contribution >= 0.6 is 0 Å². The van der Waals surface area contributed by atoms with Crippen molar-refractivity contribution in [3.05, 3.63) is 29.8 Å². The van der Waals surface area contributed by atoms with Crippen LogP contribution in [-0.4, -0.2) is 11.5 Å². The van der Waals surface area contributed by atoms with E-state index in [4.69, 9.17) is 0 Å². The number of hydrogen-bond donors (Lipinski definition) is 1. The maximum absolute atomic E-state index is 13.0. The van der Waals surface area contributed by atoms with Crippen LogP contribution in [0, 0.1) is 5.82 Å². The second-order valence-corrected chi connectivity index (χ2v) is 3.69. The number of rotatable bonds is 6. The maximum Gasteiger partial charge on any atom is 0.141 e. The van der Waals surface area contributed by atoms with Crippen molar-refractivity contribution in [3.63, 3.8) is 0 Å². The third-order valence-electron chi connectivity index (χ3n) is 2.43. The number of nitrogens with one attached hydrogen (secondary N) is 1. The third-order valence-corrected chi connectivity index (χ3v) is 2.43. The number of nitrogens with zero attached hydrogens (tertiary/aromatic N) is 1. The molecule has 84 valence electrons. The van der Waals surface area contributed by atoms with Gasteiger partial charge in [0.15, 0.2) is 0 Å². The molecule has 0 bridgehead atoms. The van der Waals surface area contributed by atoms with Gasteiger partial charge in [-0.2, -0.15) is 0 Å². The summed E-state index contributed by atoms with van der Waals surface area (Å²) in [7, 11) is 0. The number of aromatic nitrogens is 1. The Bertz CT molecular complexity index is 289. The van der Waals surface area contributed by atoms with Crippen molar-refractivity contribution in [1.82, 2.24) is 10.3 Å². The summed E-state index contributed by atoms with van der Waals surface area (Å²) in [5.41, 5.74) is 0.949. The van der Waals surface area contributed by atoms with Gasteiger partial charge in [-0.05, 0) is 24.6 Å². The lowest BCUT2D eigenvalue weighted by Crippen LogP contribution is -2.21. The fourth-order valence-electron chi connectivity index (χ4n) is 1.66. The van der Waals surface area contributed by atoms with Crippen LogP contribution in [0.15, 0.2) is 18.5 Å². The highest BCUT2D eigenvalue weighted by Gasteiger charge is 2.10. The van der Waals surface area contributed by atoms with Gasteiger partial charge in [0.05, 0.1) is 6.20 Å². The summed E-state index contributed by atoms with van der Waals surface area (Å²) in [5, 5.41) is 3.35. The Hall–Kier alpha value is -0.960. The average molecular weight is 210 g/mol. The molecule has 0 saturated heterocycles. The molecule has 0 aliphatic rings. The van der Waals surface area contributed by atoms with Gasteiger partial charge >= 0.3 is 0 Å². The zero-order chi connectivity index (χ0) is 11.1. The Morgan fingerprint density at radius 2 is 2.20 bits per heavy atom. The molecule has 15 heavy (non-hydrogen) atoms. The summed E-state index contributed by atoms with van der Waals surface area (Å²) < 4.78 is 13.0. The van der Waals surface area contributed by atoms with Gasteiger partial charge in [0.2, 0.25) is 0 Å². The molecule has 1 aromatic heterocycles. The molecule has 0 aromatic carbocycles. The fourth-order valence-corrected chi connectivity index (χ4v) is 1.66. The van der Waals surface area contributed by atoms with Gasteiger partial charge in [0.25, 0.3) is 0 Å². The summed E-state index contributed by atoms with van der Waals surface area (Å²) in [6.07, 6.45) is 6.33. The van der Waals surface area contributed by atoms with Crippen molar-refractivity contribution >= 4 is 0 Å². The van der Waals surface area contributed by atoms with Gasteiger partial charge < -0.3 is 5.32 Å². The summed E-state index contributed by atoms with van der Waals surface area (Å²) in [6.45, 7) is 5.11. The first-order valence-electron chi connectivity index (χ1n) is 5.61. The molecule has 2 nitrogen and oxygen atoms in total. The minimum atomic E-state index is -0.257. The predicted octanol–water partition coefficient (Wildman–Crippen LogP) is 3.06. The van der Waals surface area contributed by atoms with E-state index in [-0.39, 0.29) is 11.9 Å². The number of hydrogen-bond acceptors (Lipinski definition) is 2. The molecular weight excluding hydrogens is 191 g/mol. The molecule has 1 N–H and O–H groups in total. The molecule has 1 heterocycles. The van der Waals surface area contributed by atoms with Crippen LogP contribution < -0.4 is 5.32 Å². The standard InChI is InChI=1S/C12H19FN2/c1-3-5-6-12(15-4-2)10-7-11(13)9-14-8-10/h7-9,12,15H,3-6H2,1-2H3. The van der Waals surface area contributed by atoms with Crippen molar-refractivity contribution < 1.29 is 4.39 Å². The first-order valence-corrected chi connectivity index (χ1v) is 5.61. The molecule has 3 heteroatoms. The Morgan fingerprint density at radius 1 is 1.40 bits per heavy atom. The van der Waals surface area contributed by atoms with Gasteiger partial charge in [-0.1, -0.05) is 26.7 Å². The lowest BCUT2D eigenvalue weighted by molar-refractivity contribution is 0.489.